The van der Waals surface area contributed by atoms with E-state index in [1.165, 1.54) is 47.0 Å². The topological polar surface area (TPSA) is 295 Å². The normalized spacial score (nSPS) is 12.2. The van der Waals surface area contributed by atoms with E-state index < -0.39 is 84.5 Å². The van der Waals surface area contributed by atoms with Crippen molar-refractivity contribution in [3.05, 3.63) is 291 Å². The molecule has 0 radical (unpaired) electrons. The van der Waals surface area contributed by atoms with Gasteiger partial charge < -0.3 is 78.1 Å². The summed E-state index contributed by atoms with van der Waals surface area (Å²) in [6.07, 6.45) is -1.80. The summed E-state index contributed by atoms with van der Waals surface area (Å²) in [5.74, 6) is -0.334. The van der Waals surface area contributed by atoms with Crippen molar-refractivity contribution in [1.29, 1.82) is 0 Å². The number of carbonyl (C=O) groups is 8. The molecule has 8 rings (SSSR count). The van der Waals surface area contributed by atoms with Gasteiger partial charge in [-0.25, -0.2) is 38.4 Å². The van der Waals surface area contributed by atoms with E-state index in [1.807, 2.05) is 218 Å². The van der Waals surface area contributed by atoms with Crippen LogP contribution in [0.15, 0.2) is 289 Å². The molecule has 4 N–H and O–H groups in total. The molecule has 0 aliphatic heterocycles. The van der Waals surface area contributed by atoms with Gasteiger partial charge in [-0.2, -0.15) is 0 Å². The predicted molar refractivity (Wildman–Crippen MR) is 438 cm³/mol. The first-order valence-electron chi connectivity index (χ1n) is 36.2. The lowest BCUT2D eigenvalue weighted by molar-refractivity contribution is -0.138. The molecule has 598 valence electrons. The van der Waals surface area contributed by atoms with Crippen LogP contribution in [0.25, 0.3) is 0 Å². The van der Waals surface area contributed by atoms with Crippen LogP contribution in [0, 0.1) is 0 Å². The highest BCUT2D eigenvalue weighted by atomic mass is 32.2. The van der Waals surface area contributed by atoms with Crippen molar-refractivity contribution in [2.24, 2.45) is 0 Å². The molecule has 4 unspecified atom stereocenters. The van der Waals surface area contributed by atoms with Gasteiger partial charge in [0.25, 0.3) is 0 Å². The van der Waals surface area contributed by atoms with Crippen molar-refractivity contribution in [3.8, 4) is 23.0 Å². The van der Waals surface area contributed by atoms with Gasteiger partial charge in [0, 0.05) is 78.7 Å². The summed E-state index contributed by atoms with van der Waals surface area (Å²) in [6.45, 7) is 13.1. The Kier molecular flexibility index (Phi) is 38.8. The fourth-order valence-corrected chi connectivity index (χ4v) is 14.1. The number of hydrogen-bond acceptors (Lipinski definition) is 24. The van der Waals surface area contributed by atoms with Crippen LogP contribution in [-0.2, 0) is 57.1 Å². The largest absolute Gasteiger partial charge is 0.490 e. The van der Waals surface area contributed by atoms with Crippen molar-refractivity contribution < 1.29 is 95.2 Å². The van der Waals surface area contributed by atoms with Crippen LogP contribution in [-0.4, -0.2) is 175 Å². The highest BCUT2D eigenvalue weighted by molar-refractivity contribution is 8.00. The van der Waals surface area contributed by atoms with Crippen LogP contribution in [0.2, 0.25) is 0 Å². The van der Waals surface area contributed by atoms with E-state index in [-0.39, 0.29) is 79.0 Å². The monoisotopic (exact) mass is 1630 g/mol. The zero-order valence-electron chi connectivity index (χ0n) is 62.5. The molecule has 114 heavy (non-hydrogen) atoms. The quantitative estimate of drug-likeness (QED) is 0.00905. The molecule has 0 fully saturated rings. The van der Waals surface area contributed by atoms with E-state index in [9.17, 15) is 38.4 Å². The summed E-state index contributed by atoms with van der Waals surface area (Å²) in [6, 6.07) is 69.1. The van der Waals surface area contributed by atoms with Gasteiger partial charge in [0.2, 0.25) is 0 Å². The van der Waals surface area contributed by atoms with Crippen molar-refractivity contribution in [2.45, 2.75) is 55.8 Å². The average Bonchev–Trinajstić information content (AvgIpc) is 0.777. The molecule has 4 atom stereocenters. The number of hydrogen-bond donors (Lipinski definition) is 4. The van der Waals surface area contributed by atoms with Crippen LogP contribution in [0.1, 0.15) is 34.1 Å². The van der Waals surface area contributed by atoms with Gasteiger partial charge in [-0.1, -0.05) is 148 Å². The summed E-state index contributed by atoms with van der Waals surface area (Å²) in [5.41, 5.74) is 3.35. The predicted octanol–water partition coefficient (Wildman–Crippen LogP) is 14.6. The van der Waals surface area contributed by atoms with E-state index in [4.69, 9.17) is 56.8 Å². The molecule has 4 amide bonds. The van der Waals surface area contributed by atoms with Gasteiger partial charge in [0.1, 0.15) is 100 Å². The van der Waals surface area contributed by atoms with E-state index in [2.05, 4.69) is 47.6 Å². The Hall–Kier alpha value is -11.7. The number of nitrogens with one attached hydrogen (secondary N) is 4. The maximum absolute atomic E-state index is 13.2. The van der Waals surface area contributed by atoms with Crippen LogP contribution in [0.3, 0.4) is 0 Å². The number of alkyl carbamates (subject to hydrolysis) is 4. The third-order valence-electron chi connectivity index (χ3n) is 16.0. The Morgan fingerprint density at radius 1 is 0.281 bits per heavy atom. The van der Waals surface area contributed by atoms with Gasteiger partial charge in [-0.15, -0.1) is 47.0 Å². The van der Waals surface area contributed by atoms with Crippen LogP contribution < -0.4 is 40.2 Å². The zero-order chi connectivity index (χ0) is 80.8. The molecular formula is C86H90N4O20S4. The maximum atomic E-state index is 13.2. The number of thioether (sulfide) groups is 4. The number of ether oxygens (including phenoxy) is 12. The fraction of sp³-hybridized carbons (Fsp3) is 0.256. The Morgan fingerprint density at radius 2 is 0.474 bits per heavy atom. The first-order chi connectivity index (χ1) is 55.6. The third kappa shape index (κ3) is 33.3. The summed E-state index contributed by atoms with van der Waals surface area (Å²) >= 11 is 5.93. The molecule has 0 aliphatic carbocycles. The molecule has 0 bridgehead atoms. The second-order valence-corrected chi connectivity index (χ2v) is 28.6. The Morgan fingerprint density at radius 3 is 0.658 bits per heavy atom. The SMILES string of the molecule is C=CC(=O)OCCNC(=O)OC(COc1ccc(C(c2ccc(OCC(CSc3ccccc3)OC(=O)NCCOC(=O)C=C)cc2)C(c2ccc(OCC(CSc3ccccc3)OC(=O)NCCOC(=O)C=C)cc2)c2ccc(OCC(CSc3ccccc3)OC(=O)NCCOC(=O)C=C)cc2)cc1)CSc1ccccc1. The van der Waals surface area contributed by atoms with Crippen molar-refractivity contribution >= 4 is 95.3 Å². The molecule has 0 heterocycles. The lowest BCUT2D eigenvalue weighted by Crippen LogP contribution is -2.35. The Balaban J connectivity index is 1.13. The van der Waals surface area contributed by atoms with Crippen molar-refractivity contribution in [2.75, 3.05) is 102 Å². The molecule has 24 nitrogen and oxygen atoms in total. The first kappa shape index (κ1) is 87.9. The summed E-state index contributed by atoms with van der Waals surface area (Å²) in [4.78, 5) is 103. The third-order valence-corrected chi connectivity index (χ3v) is 20.6. The van der Waals surface area contributed by atoms with E-state index in [0.717, 1.165) is 66.1 Å². The minimum absolute atomic E-state index is 0.00217. The highest BCUT2D eigenvalue weighted by Crippen LogP contribution is 2.45. The molecule has 28 heteroatoms. The van der Waals surface area contributed by atoms with Gasteiger partial charge >= 0.3 is 48.3 Å². The highest BCUT2D eigenvalue weighted by Gasteiger charge is 2.30. The summed E-state index contributed by atoms with van der Waals surface area (Å²) < 4.78 is 69.5. The zero-order valence-corrected chi connectivity index (χ0v) is 65.8. The summed E-state index contributed by atoms with van der Waals surface area (Å²) in [7, 11) is 0. The van der Waals surface area contributed by atoms with Crippen LogP contribution in [0.5, 0.6) is 23.0 Å². The number of rotatable bonds is 49. The number of carbonyl (C=O) groups excluding carboxylic acids is 8. The molecule has 0 saturated heterocycles. The smallest absolute Gasteiger partial charge is 0.407 e. The molecule has 0 spiro atoms. The van der Waals surface area contributed by atoms with E-state index in [0.29, 0.717) is 46.0 Å². The standard InChI is InChI=1S/C86H90N4O20S4/c1-5-77(91)99-49-45-87-83(95)107-69(57-111-73-21-13-9-14-22-73)53-103-65-37-29-61(30-38-65)81(62-31-39-66(40-32-62)104-54-70(58-112-74-23-15-10-16-24-74)108-84(96)88-46-50-100-78(92)6-2)82(63-33-41-67(42-34-63)105-55-71(59-113-75-25-17-11-18-26-75)109-85(97)89-47-51-101-79(93)7-3)64-35-43-68(44-36-64)106-56-72(60-114-76-27-19-12-20-28-76)110-86(98)90-48-52-102-80(94)8-4/h5-44,69-72,81-82H,1-4,45-60H2,(H,87,95)(H,88,96)(H,89,97)(H,90,98). The van der Waals surface area contributed by atoms with Crippen molar-refractivity contribution in [1.82, 2.24) is 21.3 Å². The van der Waals surface area contributed by atoms with E-state index >= 15 is 0 Å². The summed E-state index contributed by atoms with van der Waals surface area (Å²) in [5, 5.41) is 10.5. The Bertz CT molecular complexity index is 3760. The molecular weight excluding hydrogens is 1540 g/mol. The number of esters is 4. The second kappa shape index (κ2) is 50.3. The minimum Gasteiger partial charge on any atom is -0.490 e. The molecule has 0 aliphatic rings. The first-order valence-corrected chi connectivity index (χ1v) is 40.1. The number of benzene rings is 8. The second-order valence-electron chi connectivity index (χ2n) is 24.3. The van der Waals surface area contributed by atoms with Gasteiger partial charge in [0.05, 0.1) is 26.2 Å². The van der Waals surface area contributed by atoms with Crippen LogP contribution >= 0.6 is 47.0 Å². The molecule has 8 aromatic rings. The fourth-order valence-electron chi connectivity index (χ4n) is 10.5. The van der Waals surface area contributed by atoms with Gasteiger partial charge in [-0.3, -0.25) is 0 Å². The van der Waals surface area contributed by atoms with Gasteiger partial charge in [-0.05, 0) is 119 Å². The molecule has 0 aromatic heterocycles. The molecule has 8 aromatic carbocycles. The lowest BCUT2D eigenvalue weighted by Gasteiger charge is -2.30. The van der Waals surface area contributed by atoms with Gasteiger partial charge in [0.15, 0.2) is 0 Å². The Labute approximate surface area is 679 Å². The van der Waals surface area contributed by atoms with Crippen LogP contribution in [0.4, 0.5) is 19.2 Å². The number of amides is 4. The molecule has 0 saturated carbocycles. The average molecular weight is 1630 g/mol. The maximum Gasteiger partial charge on any atom is 0.407 e. The van der Waals surface area contributed by atoms with Crippen molar-refractivity contribution in [3.63, 3.8) is 0 Å². The lowest BCUT2D eigenvalue weighted by atomic mass is 9.73. The minimum atomic E-state index is -0.749. The van der Waals surface area contributed by atoms with E-state index in [1.54, 1.807) is 0 Å².